The van der Waals surface area contributed by atoms with Crippen LogP contribution < -0.4 is 19.3 Å². The molecule has 0 bridgehead atoms. The Balaban J connectivity index is 1.71. The van der Waals surface area contributed by atoms with Crippen molar-refractivity contribution in [2.24, 2.45) is 0 Å². The van der Waals surface area contributed by atoms with E-state index in [-0.39, 0.29) is 34.3 Å². The summed E-state index contributed by atoms with van der Waals surface area (Å²) in [7, 11) is -0.265. The van der Waals surface area contributed by atoms with Crippen LogP contribution in [0, 0.1) is 11.6 Å². The molecule has 0 unspecified atom stereocenters. The van der Waals surface area contributed by atoms with Gasteiger partial charge in [-0.15, -0.1) is 0 Å². The molecule has 10 nitrogen and oxygen atoms in total. The van der Waals surface area contributed by atoms with Crippen molar-refractivity contribution < 1.29 is 36.2 Å². The molecule has 0 radical (unpaired) electrons. The highest BCUT2D eigenvalue weighted by Gasteiger charge is 2.37. The normalized spacial score (nSPS) is 13.7. The average Bonchev–Trinajstić information content (AvgIpc) is 3.35. The summed E-state index contributed by atoms with van der Waals surface area (Å²) in [6.45, 7) is 1.89. The largest absolute Gasteiger partial charge is 0.501 e. The Morgan fingerprint density at radius 2 is 1.68 bits per heavy atom. The maximum absolute atomic E-state index is 15.3. The van der Waals surface area contributed by atoms with Crippen LogP contribution in [0.3, 0.4) is 0 Å². The molecule has 0 spiro atoms. The molecule has 1 aliphatic heterocycles. The molecule has 2 amide bonds. The molecule has 41 heavy (non-hydrogen) atoms. The number of benzene rings is 2. The molecule has 0 N–H and O–H groups in total. The molecule has 1 aliphatic rings. The zero-order chi connectivity index (χ0) is 29.5. The van der Waals surface area contributed by atoms with E-state index in [1.54, 1.807) is 31.2 Å². The Hall–Kier alpha value is -4.65. The lowest BCUT2D eigenvalue weighted by Gasteiger charge is -2.35. The standard InChI is InChI=1S/C28H26F2N4O6S/c1-5-40-12-11-18-13-20-25-17(15-31-27(20)34(18)41(36,37)19-9-7-6-8-10-19)16-33(28(35)32(25)2)26-23(29)21(38-3)14-22(39-4)24(26)30/h6-15H,5,16H2,1-4H3/b12-11-. The van der Waals surface area contributed by atoms with Gasteiger partial charge in [-0.3, -0.25) is 9.80 Å². The van der Waals surface area contributed by atoms with Gasteiger partial charge in [0.15, 0.2) is 28.8 Å². The van der Waals surface area contributed by atoms with E-state index >= 15 is 8.78 Å². The number of nitrogens with zero attached hydrogens (tertiary/aromatic N) is 4. The molecular weight excluding hydrogens is 558 g/mol. The number of anilines is 2. The van der Waals surface area contributed by atoms with E-state index in [1.165, 1.54) is 56.8 Å². The lowest BCUT2D eigenvalue weighted by Crippen LogP contribution is -2.46. The fourth-order valence-electron chi connectivity index (χ4n) is 4.76. The fourth-order valence-corrected chi connectivity index (χ4v) is 6.24. The van der Waals surface area contributed by atoms with Crippen molar-refractivity contribution in [2.45, 2.75) is 18.4 Å². The summed E-state index contributed by atoms with van der Waals surface area (Å²) < 4.78 is 74.6. The number of carbonyl (C=O) groups excluding carboxylic acids is 1. The van der Waals surface area contributed by atoms with Gasteiger partial charge in [-0.2, -0.15) is 0 Å². The summed E-state index contributed by atoms with van der Waals surface area (Å²) in [6.07, 6.45) is 4.24. The lowest BCUT2D eigenvalue weighted by atomic mass is 10.1. The van der Waals surface area contributed by atoms with E-state index in [0.29, 0.717) is 23.2 Å². The number of fused-ring (bicyclic) bond motifs is 3. The van der Waals surface area contributed by atoms with Crippen LogP contribution in [0.1, 0.15) is 18.2 Å². The highest BCUT2D eigenvalue weighted by molar-refractivity contribution is 7.90. The number of aromatic nitrogens is 2. The Morgan fingerprint density at radius 3 is 2.29 bits per heavy atom. The minimum absolute atomic E-state index is 0.0385. The van der Waals surface area contributed by atoms with Gasteiger partial charge >= 0.3 is 6.03 Å². The molecule has 3 heterocycles. The van der Waals surface area contributed by atoms with Crippen LogP contribution in [0.5, 0.6) is 11.5 Å². The summed E-state index contributed by atoms with van der Waals surface area (Å²) in [6, 6.07) is 9.72. The van der Waals surface area contributed by atoms with Crippen molar-refractivity contribution in [3.05, 3.63) is 77.8 Å². The second kappa shape index (κ2) is 10.7. The van der Waals surface area contributed by atoms with Crippen molar-refractivity contribution in [1.82, 2.24) is 8.96 Å². The minimum atomic E-state index is -4.12. The van der Waals surface area contributed by atoms with Gasteiger partial charge in [0.2, 0.25) is 0 Å². The van der Waals surface area contributed by atoms with E-state index in [0.717, 1.165) is 14.9 Å². The van der Waals surface area contributed by atoms with E-state index in [1.807, 2.05) is 0 Å². The number of amides is 2. The van der Waals surface area contributed by atoms with E-state index < -0.39 is 33.4 Å². The van der Waals surface area contributed by atoms with Gasteiger partial charge in [-0.1, -0.05) is 18.2 Å². The summed E-state index contributed by atoms with van der Waals surface area (Å²) in [5.74, 6) is -2.76. The maximum Gasteiger partial charge on any atom is 0.329 e. The van der Waals surface area contributed by atoms with E-state index in [9.17, 15) is 13.2 Å². The Morgan fingerprint density at radius 1 is 1.02 bits per heavy atom. The fraction of sp³-hybridized carbons (Fsp3) is 0.214. The monoisotopic (exact) mass is 584 g/mol. The van der Waals surface area contributed by atoms with Crippen molar-refractivity contribution in [3.8, 4) is 11.5 Å². The van der Waals surface area contributed by atoms with Gasteiger partial charge in [0.1, 0.15) is 5.69 Å². The molecular formula is C28H26F2N4O6S. The number of urea groups is 1. The second-order valence-corrected chi connectivity index (χ2v) is 10.8. The molecule has 5 rings (SSSR count). The van der Waals surface area contributed by atoms with Crippen molar-refractivity contribution in [3.63, 3.8) is 0 Å². The third-order valence-corrected chi connectivity index (χ3v) is 8.38. The minimum Gasteiger partial charge on any atom is -0.501 e. The van der Waals surface area contributed by atoms with Crippen LogP contribution in [0.2, 0.25) is 0 Å². The number of halogens is 2. The molecule has 0 saturated heterocycles. The number of pyridine rings is 1. The predicted octanol–water partition coefficient (Wildman–Crippen LogP) is 5.15. The summed E-state index contributed by atoms with van der Waals surface area (Å²) in [5, 5.41) is 0.345. The van der Waals surface area contributed by atoms with E-state index in [2.05, 4.69) is 4.98 Å². The number of methoxy groups -OCH3 is 2. The number of rotatable bonds is 8. The Kier molecular flexibility index (Phi) is 7.30. The smallest absolute Gasteiger partial charge is 0.329 e. The van der Waals surface area contributed by atoms with Gasteiger partial charge in [0.25, 0.3) is 10.0 Å². The van der Waals surface area contributed by atoms with Crippen LogP contribution in [-0.4, -0.2) is 51.3 Å². The highest BCUT2D eigenvalue weighted by Crippen LogP contribution is 2.43. The van der Waals surface area contributed by atoms with Crippen molar-refractivity contribution >= 4 is 44.5 Å². The van der Waals surface area contributed by atoms with Crippen LogP contribution in [-0.2, 0) is 21.3 Å². The Labute approximate surface area is 235 Å². The molecule has 0 fully saturated rings. The number of carbonyl (C=O) groups is 1. The summed E-state index contributed by atoms with van der Waals surface area (Å²) >= 11 is 0. The lowest BCUT2D eigenvalue weighted by molar-refractivity contribution is 0.250. The second-order valence-electron chi connectivity index (χ2n) is 8.96. The highest BCUT2D eigenvalue weighted by atomic mass is 32.2. The first-order valence-electron chi connectivity index (χ1n) is 12.4. The number of ether oxygens (including phenoxy) is 3. The average molecular weight is 585 g/mol. The van der Waals surface area contributed by atoms with Crippen LogP contribution in [0.15, 0.2) is 59.8 Å². The number of hydrogen-bond donors (Lipinski definition) is 0. The Bertz CT molecular complexity index is 1760. The van der Waals surface area contributed by atoms with Crippen LogP contribution in [0.25, 0.3) is 17.1 Å². The SMILES string of the molecule is CCO/C=C\c1cc2c3c(cnc2n1S(=O)(=O)c1ccccc1)CN(c1c(F)c(OC)cc(OC)c1F)C(=O)N3C. The van der Waals surface area contributed by atoms with Gasteiger partial charge in [-0.05, 0) is 31.2 Å². The topological polar surface area (TPSA) is 103 Å². The molecule has 0 aliphatic carbocycles. The molecule has 4 aromatic rings. The zero-order valence-electron chi connectivity index (χ0n) is 22.6. The van der Waals surface area contributed by atoms with Crippen molar-refractivity contribution in [2.75, 3.05) is 37.7 Å². The quantitative estimate of drug-likeness (QED) is 0.264. The first-order valence-corrected chi connectivity index (χ1v) is 13.9. The molecule has 2 aromatic carbocycles. The van der Waals surface area contributed by atoms with Crippen LogP contribution >= 0.6 is 0 Å². The molecule has 0 saturated carbocycles. The maximum atomic E-state index is 15.3. The van der Waals surface area contributed by atoms with E-state index in [4.69, 9.17) is 14.2 Å². The van der Waals surface area contributed by atoms with Gasteiger partial charge in [0, 0.05) is 30.3 Å². The molecule has 214 valence electrons. The first-order chi connectivity index (χ1) is 19.6. The molecule has 2 aromatic heterocycles. The number of hydrogen-bond acceptors (Lipinski definition) is 7. The predicted molar refractivity (Wildman–Crippen MR) is 149 cm³/mol. The zero-order valence-corrected chi connectivity index (χ0v) is 23.4. The summed E-state index contributed by atoms with van der Waals surface area (Å²) in [4.78, 5) is 20.2. The van der Waals surface area contributed by atoms with Gasteiger partial charge in [0.05, 0.1) is 49.9 Å². The van der Waals surface area contributed by atoms with Crippen molar-refractivity contribution in [1.29, 1.82) is 0 Å². The first kappa shape index (κ1) is 27.9. The molecule has 0 atom stereocenters. The van der Waals surface area contributed by atoms with Gasteiger partial charge in [-0.25, -0.2) is 30.9 Å². The van der Waals surface area contributed by atoms with Crippen LogP contribution in [0.4, 0.5) is 25.0 Å². The van der Waals surface area contributed by atoms with Gasteiger partial charge < -0.3 is 14.2 Å². The third kappa shape index (κ3) is 4.51. The molecule has 13 heteroatoms. The third-order valence-electron chi connectivity index (χ3n) is 6.65. The summed E-state index contributed by atoms with van der Waals surface area (Å²) in [5.41, 5.74) is 0.427.